The highest BCUT2D eigenvalue weighted by atomic mass is 19.4. The number of hydrogen-bond donors (Lipinski definition) is 0. The van der Waals surface area contributed by atoms with Crippen molar-refractivity contribution in [3.63, 3.8) is 0 Å². The van der Waals surface area contributed by atoms with Crippen molar-refractivity contribution in [3.8, 4) is 11.3 Å². The van der Waals surface area contributed by atoms with E-state index in [1.54, 1.807) is 25.4 Å². The van der Waals surface area contributed by atoms with Gasteiger partial charge in [0.1, 0.15) is 5.58 Å². The molecule has 8 heteroatoms. The van der Waals surface area contributed by atoms with E-state index in [1.807, 2.05) is 24.3 Å². The standard InChI is InChI=1S/C21H20F3N3O2/c1-20(2,11-21(22,23)24)12-27-16-6-5-15(25-18(16)26(3)19(27)28)13-4-7-17-14(10-13)8-9-29-17/h4-10H,11-12H2,1-3H3. The Bertz CT molecular complexity index is 1260. The summed E-state index contributed by atoms with van der Waals surface area (Å²) < 4.78 is 46.8. The van der Waals surface area contributed by atoms with Gasteiger partial charge in [-0.25, -0.2) is 9.78 Å². The van der Waals surface area contributed by atoms with Crippen LogP contribution < -0.4 is 5.69 Å². The Labute approximate surface area is 164 Å². The molecule has 152 valence electrons. The summed E-state index contributed by atoms with van der Waals surface area (Å²) in [5.41, 5.74) is 1.73. The highest BCUT2D eigenvalue weighted by Crippen LogP contribution is 2.35. The zero-order valence-electron chi connectivity index (χ0n) is 16.2. The molecule has 0 unspecified atom stereocenters. The molecule has 29 heavy (non-hydrogen) atoms. The first-order valence-electron chi connectivity index (χ1n) is 9.15. The van der Waals surface area contributed by atoms with Crippen molar-refractivity contribution in [2.75, 3.05) is 0 Å². The largest absolute Gasteiger partial charge is 0.464 e. The van der Waals surface area contributed by atoms with Crippen LogP contribution in [0.2, 0.25) is 0 Å². The average Bonchev–Trinajstić information content (AvgIpc) is 3.18. The van der Waals surface area contributed by atoms with Gasteiger partial charge in [-0.2, -0.15) is 13.2 Å². The van der Waals surface area contributed by atoms with Gasteiger partial charge in [0.05, 0.1) is 23.9 Å². The number of halogens is 3. The molecule has 3 heterocycles. The first kappa shape index (κ1) is 19.3. The number of furan rings is 1. The fourth-order valence-electron chi connectivity index (χ4n) is 3.74. The molecular formula is C21H20F3N3O2. The summed E-state index contributed by atoms with van der Waals surface area (Å²) >= 11 is 0. The maximum absolute atomic E-state index is 12.9. The van der Waals surface area contributed by atoms with Crippen LogP contribution in [-0.2, 0) is 13.6 Å². The lowest BCUT2D eigenvalue weighted by atomic mass is 9.89. The number of imidazole rings is 1. The first-order valence-corrected chi connectivity index (χ1v) is 9.15. The minimum Gasteiger partial charge on any atom is -0.464 e. The van der Waals surface area contributed by atoms with Crippen molar-refractivity contribution in [3.05, 3.63) is 53.1 Å². The lowest BCUT2D eigenvalue weighted by molar-refractivity contribution is -0.155. The third-order valence-corrected chi connectivity index (χ3v) is 4.99. The number of pyridine rings is 1. The zero-order chi connectivity index (χ0) is 21.0. The highest BCUT2D eigenvalue weighted by molar-refractivity contribution is 5.84. The average molecular weight is 403 g/mol. The number of aromatic nitrogens is 3. The minimum absolute atomic E-state index is 0.0509. The second kappa shape index (κ2) is 6.50. The predicted octanol–water partition coefficient (Wildman–Crippen LogP) is 5.13. The third kappa shape index (κ3) is 3.66. The van der Waals surface area contributed by atoms with E-state index in [0.29, 0.717) is 16.9 Å². The van der Waals surface area contributed by atoms with Crippen molar-refractivity contribution in [1.29, 1.82) is 0 Å². The predicted molar refractivity (Wildman–Crippen MR) is 105 cm³/mol. The van der Waals surface area contributed by atoms with Crippen molar-refractivity contribution in [2.45, 2.75) is 33.0 Å². The fourth-order valence-corrected chi connectivity index (χ4v) is 3.74. The van der Waals surface area contributed by atoms with E-state index in [4.69, 9.17) is 4.42 Å². The smallest absolute Gasteiger partial charge is 0.389 e. The van der Waals surface area contributed by atoms with E-state index in [1.165, 1.54) is 23.0 Å². The molecule has 0 aliphatic rings. The van der Waals surface area contributed by atoms with E-state index in [0.717, 1.165) is 16.5 Å². The van der Waals surface area contributed by atoms with Crippen LogP contribution in [0.3, 0.4) is 0 Å². The Morgan fingerprint density at radius 1 is 1.10 bits per heavy atom. The van der Waals surface area contributed by atoms with Crippen molar-refractivity contribution >= 4 is 22.1 Å². The fraction of sp³-hybridized carbons (Fsp3) is 0.333. The summed E-state index contributed by atoms with van der Waals surface area (Å²) in [5, 5.41) is 0.935. The molecule has 0 spiro atoms. The Hall–Kier alpha value is -3.03. The molecule has 3 aromatic heterocycles. The van der Waals surface area contributed by atoms with Gasteiger partial charge in [-0.3, -0.25) is 9.13 Å². The highest BCUT2D eigenvalue weighted by Gasteiger charge is 2.37. The Balaban J connectivity index is 1.77. The van der Waals surface area contributed by atoms with Gasteiger partial charge in [-0.05, 0) is 41.8 Å². The second-order valence-corrected chi connectivity index (χ2v) is 8.10. The quantitative estimate of drug-likeness (QED) is 0.475. The van der Waals surface area contributed by atoms with Crippen molar-refractivity contribution in [2.24, 2.45) is 12.5 Å². The SMILES string of the molecule is Cn1c(=O)n(CC(C)(C)CC(F)(F)F)c2ccc(-c3ccc4occc4c3)nc21. The molecule has 4 aromatic rings. The van der Waals surface area contributed by atoms with Crippen molar-refractivity contribution in [1.82, 2.24) is 14.1 Å². The molecule has 0 saturated heterocycles. The van der Waals surface area contributed by atoms with Crippen LogP contribution in [0.15, 0.2) is 51.9 Å². The Morgan fingerprint density at radius 3 is 2.59 bits per heavy atom. The van der Waals surface area contributed by atoms with E-state index in [2.05, 4.69) is 4.98 Å². The van der Waals surface area contributed by atoms with E-state index >= 15 is 0 Å². The van der Waals surface area contributed by atoms with Crippen LogP contribution in [0, 0.1) is 5.41 Å². The molecule has 0 fully saturated rings. The third-order valence-electron chi connectivity index (χ3n) is 4.99. The van der Waals surface area contributed by atoms with E-state index < -0.39 is 18.0 Å². The van der Waals surface area contributed by atoms with E-state index in [9.17, 15) is 18.0 Å². The minimum atomic E-state index is -4.30. The summed E-state index contributed by atoms with van der Waals surface area (Å²) in [6, 6.07) is 11.0. The molecule has 0 radical (unpaired) electrons. The van der Waals surface area contributed by atoms with Gasteiger partial charge in [-0.1, -0.05) is 13.8 Å². The Kier molecular flexibility index (Phi) is 4.33. The van der Waals surface area contributed by atoms with Crippen LogP contribution in [0.25, 0.3) is 33.4 Å². The molecule has 0 saturated carbocycles. The van der Waals surface area contributed by atoms with Gasteiger partial charge in [0.15, 0.2) is 5.65 Å². The van der Waals surface area contributed by atoms with Crippen molar-refractivity contribution < 1.29 is 17.6 Å². The normalized spacial score (nSPS) is 12.9. The van der Waals surface area contributed by atoms with Crippen LogP contribution in [0.1, 0.15) is 20.3 Å². The summed E-state index contributed by atoms with van der Waals surface area (Å²) in [6.07, 6.45) is -3.66. The van der Waals surface area contributed by atoms with Gasteiger partial charge < -0.3 is 4.42 Å². The molecule has 0 N–H and O–H groups in total. The molecule has 0 atom stereocenters. The molecule has 0 bridgehead atoms. The second-order valence-electron chi connectivity index (χ2n) is 8.10. The van der Waals surface area contributed by atoms with Crippen LogP contribution in [0.4, 0.5) is 13.2 Å². The maximum Gasteiger partial charge on any atom is 0.389 e. The van der Waals surface area contributed by atoms with Crippen LogP contribution in [-0.4, -0.2) is 20.3 Å². The molecular weight excluding hydrogens is 383 g/mol. The molecule has 4 rings (SSSR count). The van der Waals surface area contributed by atoms with E-state index in [-0.39, 0.29) is 12.2 Å². The van der Waals surface area contributed by atoms with Gasteiger partial charge in [-0.15, -0.1) is 0 Å². The summed E-state index contributed by atoms with van der Waals surface area (Å²) in [4.78, 5) is 17.3. The molecule has 0 aliphatic carbocycles. The summed E-state index contributed by atoms with van der Waals surface area (Å²) in [5.74, 6) is 0. The number of aryl methyl sites for hydroxylation is 1. The summed E-state index contributed by atoms with van der Waals surface area (Å²) in [7, 11) is 1.58. The maximum atomic E-state index is 12.9. The Morgan fingerprint density at radius 2 is 1.86 bits per heavy atom. The summed E-state index contributed by atoms with van der Waals surface area (Å²) in [6.45, 7) is 2.96. The number of hydrogen-bond acceptors (Lipinski definition) is 3. The lowest BCUT2D eigenvalue weighted by Crippen LogP contribution is -2.32. The lowest BCUT2D eigenvalue weighted by Gasteiger charge is -2.26. The van der Waals surface area contributed by atoms with Gasteiger partial charge in [0, 0.05) is 24.5 Å². The number of fused-ring (bicyclic) bond motifs is 2. The topological polar surface area (TPSA) is 53.0 Å². The molecule has 1 aromatic carbocycles. The van der Waals surface area contributed by atoms with Gasteiger partial charge >= 0.3 is 11.9 Å². The molecule has 0 amide bonds. The zero-order valence-corrected chi connectivity index (χ0v) is 16.2. The number of alkyl halides is 3. The number of benzene rings is 1. The number of rotatable bonds is 4. The van der Waals surface area contributed by atoms with Crippen LogP contribution >= 0.6 is 0 Å². The first-order chi connectivity index (χ1) is 13.5. The monoisotopic (exact) mass is 403 g/mol. The van der Waals surface area contributed by atoms with Crippen LogP contribution in [0.5, 0.6) is 0 Å². The molecule has 5 nitrogen and oxygen atoms in total. The van der Waals surface area contributed by atoms with Gasteiger partial charge in [0.25, 0.3) is 0 Å². The van der Waals surface area contributed by atoms with Gasteiger partial charge in [0.2, 0.25) is 0 Å². The number of nitrogens with zero attached hydrogens (tertiary/aromatic N) is 3. The molecule has 0 aliphatic heterocycles.